The zero-order valence-electron chi connectivity index (χ0n) is 14.2. The minimum atomic E-state index is -4.70. The number of hydrazone groups is 1. The molecule has 0 amide bonds. The van der Waals surface area contributed by atoms with Gasteiger partial charge >= 0.3 is 6.36 Å². The molecule has 1 saturated heterocycles. The third-order valence-corrected chi connectivity index (χ3v) is 6.17. The van der Waals surface area contributed by atoms with Crippen molar-refractivity contribution in [2.75, 3.05) is 26.2 Å². The fraction of sp³-hybridized carbons (Fsp3) is 0.500. The van der Waals surface area contributed by atoms with E-state index in [2.05, 4.69) is 26.3 Å². The highest BCUT2D eigenvalue weighted by Crippen LogP contribution is 2.34. The van der Waals surface area contributed by atoms with Crippen LogP contribution >= 0.6 is 23.7 Å². The second kappa shape index (κ2) is 9.18. The number of nitrogens with one attached hydrogen (secondary N) is 1. The first-order chi connectivity index (χ1) is 13.0. The van der Waals surface area contributed by atoms with Crippen molar-refractivity contribution in [1.29, 1.82) is 0 Å². The lowest BCUT2D eigenvalue weighted by Gasteiger charge is -2.36. The quantitative estimate of drug-likeness (QED) is 0.682. The Kier molecular flexibility index (Phi) is 6.90. The smallest absolute Gasteiger partial charge is 0.406 e. The molecular formula is C16H18F3N4O2S2. The van der Waals surface area contributed by atoms with E-state index in [1.165, 1.54) is 35.8 Å². The molecule has 1 radical (unpaired) electrons. The average molecular weight is 419 g/mol. The highest BCUT2D eigenvalue weighted by molar-refractivity contribution is 8.13. The van der Waals surface area contributed by atoms with Crippen LogP contribution < -0.4 is 10.1 Å². The second-order valence-corrected chi connectivity index (χ2v) is 7.75. The van der Waals surface area contributed by atoms with Gasteiger partial charge in [-0.1, -0.05) is 23.9 Å². The molecule has 27 heavy (non-hydrogen) atoms. The molecular weight excluding hydrogens is 401 g/mol. The lowest BCUT2D eigenvalue weighted by atomic mass is 10.2. The van der Waals surface area contributed by atoms with Crippen molar-refractivity contribution in [2.45, 2.75) is 23.5 Å². The normalized spacial score (nSPS) is 22.0. The number of halogens is 3. The van der Waals surface area contributed by atoms with E-state index in [1.807, 2.05) is 0 Å². The number of carbonyl (C=O) groups excluding carboxylic acids is 1. The number of piperazine rings is 1. The van der Waals surface area contributed by atoms with E-state index in [0.29, 0.717) is 5.75 Å². The predicted molar refractivity (Wildman–Crippen MR) is 100 cm³/mol. The Morgan fingerprint density at radius 3 is 2.67 bits per heavy atom. The van der Waals surface area contributed by atoms with E-state index in [-0.39, 0.29) is 11.1 Å². The molecule has 0 saturated carbocycles. The minimum Gasteiger partial charge on any atom is -0.406 e. The Hall–Kier alpha value is -1.43. The van der Waals surface area contributed by atoms with Gasteiger partial charge in [0.1, 0.15) is 17.2 Å². The van der Waals surface area contributed by atoms with Gasteiger partial charge in [-0.3, -0.25) is 9.69 Å². The van der Waals surface area contributed by atoms with Gasteiger partial charge in [-0.15, -0.1) is 13.2 Å². The van der Waals surface area contributed by atoms with E-state index in [9.17, 15) is 18.0 Å². The molecule has 2 aliphatic heterocycles. The maximum Gasteiger partial charge on any atom is 0.573 e. The third-order valence-electron chi connectivity index (χ3n) is 4.04. The van der Waals surface area contributed by atoms with Gasteiger partial charge in [-0.25, -0.2) is 4.41 Å². The standard InChI is InChI=1S/C16H18F3N4O2S2/c17-16(18,19)25-13-3-1-12(2-4-13)10-27-23-15(26-11-21-23)14(9-24)22-7-5-20-6-8-22/h1-4,11,14-15,20H,5-8,10H2. The van der Waals surface area contributed by atoms with Crippen LogP contribution in [0, 0.1) is 0 Å². The Bertz CT molecular complexity index is 654. The van der Waals surface area contributed by atoms with Crippen molar-refractivity contribution in [3.63, 3.8) is 0 Å². The summed E-state index contributed by atoms with van der Waals surface area (Å²) in [7, 11) is 0. The molecule has 1 N–H and O–H groups in total. The van der Waals surface area contributed by atoms with Crippen molar-refractivity contribution in [1.82, 2.24) is 14.6 Å². The molecule has 11 heteroatoms. The molecule has 0 spiro atoms. The number of nitrogens with zero attached hydrogens (tertiary/aromatic N) is 3. The Labute approximate surface area is 163 Å². The van der Waals surface area contributed by atoms with Gasteiger partial charge < -0.3 is 10.1 Å². The first-order valence-electron chi connectivity index (χ1n) is 8.23. The van der Waals surface area contributed by atoms with Crippen molar-refractivity contribution >= 4 is 35.5 Å². The second-order valence-electron chi connectivity index (χ2n) is 5.86. The molecule has 1 aromatic carbocycles. The summed E-state index contributed by atoms with van der Waals surface area (Å²) in [5.74, 6) is 0.256. The van der Waals surface area contributed by atoms with Crippen LogP contribution in [-0.4, -0.2) is 65.1 Å². The minimum absolute atomic E-state index is 0.182. The van der Waals surface area contributed by atoms with E-state index in [4.69, 9.17) is 0 Å². The molecule has 1 fully saturated rings. The van der Waals surface area contributed by atoms with Crippen molar-refractivity contribution in [3.8, 4) is 5.75 Å². The van der Waals surface area contributed by atoms with Crippen LogP contribution in [-0.2, 0) is 10.5 Å². The van der Waals surface area contributed by atoms with E-state index in [1.54, 1.807) is 22.1 Å². The molecule has 147 valence electrons. The van der Waals surface area contributed by atoms with E-state index < -0.39 is 12.4 Å². The summed E-state index contributed by atoms with van der Waals surface area (Å²) in [4.78, 5) is 13.7. The summed E-state index contributed by atoms with van der Waals surface area (Å²) < 4.78 is 42.3. The number of thioether (sulfide) groups is 1. The Morgan fingerprint density at radius 2 is 2.04 bits per heavy atom. The lowest BCUT2D eigenvalue weighted by Crippen LogP contribution is -2.54. The van der Waals surface area contributed by atoms with E-state index in [0.717, 1.165) is 31.7 Å². The van der Waals surface area contributed by atoms with Crippen molar-refractivity contribution in [3.05, 3.63) is 29.8 Å². The summed E-state index contributed by atoms with van der Waals surface area (Å²) in [5.41, 5.74) is 2.53. The van der Waals surface area contributed by atoms with Crippen LogP contribution in [0.25, 0.3) is 0 Å². The molecule has 2 atom stereocenters. The summed E-state index contributed by atoms with van der Waals surface area (Å²) in [6.07, 6.45) is -2.56. The predicted octanol–water partition coefficient (Wildman–Crippen LogP) is 2.44. The van der Waals surface area contributed by atoms with Crippen LogP contribution in [0.3, 0.4) is 0 Å². The number of rotatable bonds is 7. The SMILES string of the molecule is O=[C]C(C1SC=NN1SCc1ccc(OC(F)(F)F)cc1)N1CCNCC1. The summed E-state index contributed by atoms with van der Waals surface area (Å²) in [6, 6.07) is 5.33. The highest BCUT2D eigenvalue weighted by atomic mass is 32.2. The maximum absolute atomic E-state index is 12.2. The molecule has 0 aliphatic carbocycles. The van der Waals surface area contributed by atoms with Crippen molar-refractivity contribution < 1.29 is 22.7 Å². The zero-order valence-corrected chi connectivity index (χ0v) is 15.8. The zero-order chi connectivity index (χ0) is 19.3. The van der Waals surface area contributed by atoms with Gasteiger partial charge in [0, 0.05) is 31.9 Å². The van der Waals surface area contributed by atoms with Gasteiger partial charge in [0.05, 0.1) is 5.55 Å². The number of hydrogen-bond acceptors (Lipinski definition) is 8. The van der Waals surface area contributed by atoms with Gasteiger partial charge in [0.2, 0.25) is 6.29 Å². The molecule has 3 rings (SSSR count). The molecule has 1 aromatic rings. The molecule has 0 bridgehead atoms. The molecule has 2 aliphatic rings. The first-order valence-corrected chi connectivity index (χ1v) is 10.1. The molecule has 0 aromatic heterocycles. The lowest BCUT2D eigenvalue weighted by molar-refractivity contribution is -0.274. The third kappa shape index (κ3) is 5.77. The Morgan fingerprint density at radius 1 is 1.33 bits per heavy atom. The Balaban J connectivity index is 1.56. The molecule has 2 unspecified atom stereocenters. The van der Waals surface area contributed by atoms with Gasteiger partial charge in [-0.05, 0) is 29.6 Å². The largest absolute Gasteiger partial charge is 0.573 e. The number of hydrogen-bond donors (Lipinski definition) is 1. The van der Waals surface area contributed by atoms with Crippen LogP contribution in [0.15, 0.2) is 29.4 Å². The number of benzene rings is 1. The van der Waals surface area contributed by atoms with Crippen LogP contribution in [0.4, 0.5) is 13.2 Å². The van der Waals surface area contributed by atoms with Crippen molar-refractivity contribution in [2.24, 2.45) is 5.10 Å². The fourth-order valence-corrected chi connectivity index (χ4v) is 4.81. The molecule has 6 nitrogen and oxygen atoms in total. The summed E-state index contributed by atoms with van der Waals surface area (Å²) >= 11 is 2.87. The summed E-state index contributed by atoms with van der Waals surface area (Å²) in [6.45, 7) is 3.21. The average Bonchev–Trinajstić information content (AvgIpc) is 3.10. The molecule has 2 heterocycles. The number of ether oxygens (including phenoxy) is 1. The van der Waals surface area contributed by atoms with Crippen LogP contribution in [0.1, 0.15) is 5.56 Å². The number of alkyl halides is 3. The highest BCUT2D eigenvalue weighted by Gasteiger charge is 2.36. The van der Waals surface area contributed by atoms with Crippen LogP contribution in [0.2, 0.25) is 0 Å². The van der Waals surface area contributed by atoms with Crippen LogP contribution in [0.5, 0.6) is 5.75 Å². The maximum atomic E-state index is 12.2. The van der Waals surface area contributed by atoms with Gasteiger partial charge in [0.25, 0.3) is 0 Å². The topological polar surface area (TPSA) is 57.2 Å². The van der Waals surface area contributed by atoms with Gasteiger partial charge in [-0.2, -0.15) is 5.10 Å². The van der Waals surface area contributed by atoms with Gasteiger partial charge in [0.15, 0.2) is 0 Å². The first kappa shape index (κ1) is 20.3. The summed E-state index contributed by atoms with van der Waals surface area (Å²) in [5, 5.41) is 7.37. The fourth-order valence-electron chi connectivity index (χ4n) is 2.76. The van der Waals surface area contributed by atoms with E-state index >= 15 is 0 Å². The monoisotopic (exact) mass is 419 g/mol.